The number of allylic oxidation sites excluding steroid dienone is 6. The largest absolute Gasteiger partial charge is 0.436 e. The summed E-state index contributed by atoms with van der Waals surface area (Å²) < 4.78 is 39.2. The van der Waals surface area contributed by atoms with E-state index in [1.807, 2.05) is 36.4 Å². The Morgan fingerprint density at radius 3 is 2.07 bits per heavy atom. The molecular formula is C60H40F2N6O. The summed E-state index contributed by atoms with van der Waals surface area (Å²) in [6, 6.07) is 56.7. The average molecular weight is 899 g/mol. The second kappa shape index (κ2) is 17.3. The molecular weight excluding hydrogens is 859 g/mol. The SMILES string of the molecule is C=NC(=NC(=NCc1ccc(F)cc1)n1c2ccccc2c2ccc3c4ccccc4n(-c4cc(-c5ccccc5)cc(-c5ccc6oc(C7=CC=CCC=C7)nc6c5)c4)c3c21)c1ccc(F)cc1. The van der Waals surface area contributed by atoms with Gasteiger partial charge >= 0.3 is 0 Å². The third-order valence-corrected chi connectivity index (χ3v) is 12.7. The molecule has 69 heavy (non-hydrogen) atoms. The molecule has 0 radical (unpaired) electrons. The van der Waals surface area contributed by atoms with Gasteiger partial charge in [0.2, 0.25) is 11.9 Å². The van der Waals surface area contributed by atoms with E-state index in [4.69, 9.17) is 19.4 Å². The van der Waals surface area contributed by atoms with Gasteiger partial charge in [0.1, 0.15) is 17.2 Å². The van der Waals surface area contributed by atoms with Crippen LogP contribution in [0.25, 0.3) is 88.2 Å². The molecule has 330 valence electrons. The van der Waals surface area contributed by atoms with Gasteiger partial charge in [-0.05, 0) is 126 Å². The first-order valence-electron chi connectivity index (χ1n) is 22.7. The van der Waals surface area contributed by atoms with Crippen molar-refractivity contribution >= 4 is 78.8 Å². The lowest BCUT2D eigenvalue weighted by Crippen LogP contribution is -2.14. The highest BCUT2D eigenvalue weighted by Crippen LogP contribution is 2.42. The number of oxazole rings is 1. The Bertz CT molecular complexity index is 3980. The monoisotopic (exact) mass is 898 g/mol. The summed E-state index contributed by atoms with van der Waals surface area (Å²) in [7, 11) is 0. The highest BCUT2D eigenvalue weighted by Gasteiger charge is 2.24. The minimum Gasteiger partial charge on any atom is -0.436 e. The number of benzene rings is 8. The first kappa shape index (κ1) is 41.4. The van der Waals surface area contributed by atoms with E-state index in [2.05, 4.69) is 142 Å². The fraction of sp³-hybridized carbons (Fsp3) is 0.0333. The number of amidine groups is 1. The Kier molecular flexibility index (Phi) is 10.4. The first-order valence-corrected chi connectivity index (χ1v) is 22.7. The summed E-state index contributed by atoms with van der Waals surface area (Å²) in [5.41, 5.74) is 12.5. The summed E-state index contributed by atoms with van der Waals surface area (Å²) in [5, 5.41) is 4.09. The molecule has 9 heteroatoms. The summed E-state index contributed by atoms with van der Waals surface area (Å²) in [6.45, 7) is 4.07. The van der Waals surface area contributed by atoms with Crippen LogP contribution in [0.15, 0.2) is 226 Å². The van der Waals surface area contributed by atoms with Crippen LogP contribution in [0.2, 0.25) is 0 Å². The van der Waals surface area contributed by atoms with Crippen molar-refractivity contribution in [1.82, 2.24) is 14.1 Å². The van der Waals surface area contributed by atoms with Crippen LogP contribution in [-0.2, 0) is 6.54 Å². The Morgan fingerprint density at radius 1 is 0.623 bits per heavy atom. The third-order valence-electron chi connectivity index (χ3n) is 12.7. The van der Waals surface area contributed by atoms with Crippen LogP contribution < -0.4 is 0 Å². The topological polar surface area (TPSA) is 73.0 Å². The van der Waals surface area contributed by atoms with Gasteiger partial charge in [0.15, 0.2) is 11.4 Å². The van der Waals surface area contributed by atoms with E-state index in [1.54, 1.807) is 24.3 Å². The Labute approximate surface area is 395 Å². The lowest BCUT2D eigenvalue weighted by Gasteiger charge is -2.16. The summed E-state index contributed by atoms with van der Waals surface area (Å²) >= 11 is 0. The van der Waals surface area contributed by atoms with Gasteiger partial charge in [0.05, 0.1) is 28.6 Å². The van der Waals surface area contributed by atoms with Gasteiger partial charge in [-0.15, -0.1) is 0 Å². The fourth-order valence-corrected chi connectivity index (χ4v) is 9.43. The standard InChI is InChI=1S/C60H40F2N6O/c1-63-58(40-23-28-46(62)29-24-40)66-60(64-37-38-21-26-45(61)27-22-38)68-54-20-12-10-18-49(54)51-31-30-50-48-17-9-11-19-53(48)67(56(50)57(51)68)47-34-43(39-13-7-4-8-14-39)33-44(35-47)42-25-32-55-52(36-42)65-59(69-55)41-15-5-2-3-6-16-41/h2,4-36H,1,3,37H2. The van der Waals surface area contributed by atoms with Crippen LogP contribution in [-0.4, -0.2) is 32.6 Å². The Balaban J connectivity index is 1.14. The highest BCUT2D eigenvalue weighted by atomic mass is 19.1. The molecule has 0 N–H and O–H groups in total. The van der Waals surface area contributed by atoms with Gasteiger partial charge in [0.25, 0.3) is 0 Å². The van der Waals surface area contributed by atoms with E-state index in [0.717, 1.165) is 94.6 Å². The molecule has 0 bridgehead atoms. The molecule has 0 aliphatic heterocycles. The van der Waals surface area contributed by atoms with E-state index < -0.39 is 0 Å². The zero-order chi connectivity index (χ0) is 46.4. The van der Waals surface area contributed by atoms with Crippen molar-refractivity contribution in [2.45, 2.75) is 13.0 Å². The van der Waals surface area contributed by atoms with Crippen molar-refractivity contribution in [2.24, 2.45) is 15.0 Å². The van der Waals surface area contributed by atoms with Crippen LogP contribution in [0.4, 0.5) is 8.78 Å². The van der Waals surface area contributed by atoms with Crippen molar-refractivity contribution in [1.29, 1.82) is 0 Å². The number of fused-ring (bicyclic) bond motifs is 8. The van der Waals surface area contributed by atoms with Gasteiger partial charge in [-0.3, -0.25) is 4.57 Å². The lowest BCUT2D eigenvalue weighted by molar-refractivity contribution is 0.586. The molecule has 0 atom stereocenters. The molecule has 0 amide bonds. The lowest BCUT2D eigenvalue weighted by atomic mass is 9.97. The second-order valence-corrected chi connectivity index (χ2v) is 16.9. The van der Waals surface area contributed by atoms with Crippen molar-refractivity contribution < 1.29 is 13.2 Å². The number of hydrogen-bond donors (Lipinski definition) is 0. The summed E-state index contributed by atoms with van der Waals surface area (Å²) in [5.74, 6) is 0.454. The van der Waals surface area contributed by atoms with Gasteiger partial charge < -0.3 is 8.98 Å². The number of halogens is 2. The van der Waals surface area contributed by atoms with Gasteiger partial charge in [-0.25, -0.2) is 23.7 Å². The van der Waals surface area contributed by atoms with Gasteiger partial charge in [0, 0.05) is 38.4 Å². The van der Waals surface area contributed by atoms with Crippen molar-refractivity contribution in [3.63, 3.8) is 0 Å². The molecule has 0 saturated carbocycles. The summed E-state index contributed by atoms with van der Waals surface area (Å²) in [4.78, 5) is 19.7. The van der Waals surface area contributed by atoms with E-state index in [9.17, 15) is 8.78 Å². The maximum Gasteiger partial charge on any atom is 0.232 e. The number of aliphatic imine (C=N–C) groups is 3. The predicted octanol–water partition coefficient (Wildman–Crippen LogP) is 15.1. The van der Waals surface area contributed by atoms with Crippen LogP contribution in [0.3, 0.4) is 0 Å². The predicted molar refractivity (Wildman–Crippen MR) is 279 cm³/mol. The summed E-state index contributed by atoms with van der Waals surface area (Å²) in [6.07, 6.45) is 11.2. The van der Waals surface area contributed by atoms with Gasteiger partial charge in [-0.2, -0.15) is 4.99 Å². The molecule has 3 heterocycles. The molecule has 1 aliphatic rings. The maximum atomic E-state index is 14.3. The van der Waals surface area contributed by atoms with Gasteiger partial charge in [-0.1, -0.05) is 121 Å². The van der Waals surface area contributed by atoms with Crippen LogP contribution in [0, 0.1) is 11.6 Å². The molecule has 0 fully saturated rings. The number of aromatic nitrogens is 3. The van der Waals surface area contributed by atoms with Crippen LogP contribution in [0.1, 0.15) is 23.4 Å². The number of para-hydroxylation sites is 2. The van der Waals surface area contributed by atoms with Crippen molar-refractivity contribution in [3.05, 3.63) is 235 Å². The zero-order valence-corrected chi connectivity index (χ0v) is 37.1. The number of rotatable bonds is 7. The Morgan fingerprint density at radius 2 is 1.30 bits per heavy atom. The molecule has 12 rings (SSSR count). The molecule has 0 unspecified atom stereocenters. The molecule has 11 aromatic rings. The average Bonchev–Trinajstić information content (AvgIpc) is 3.99. The normalized spacial score (nSPS) is 13.3. The van der Waals surface area contributed by atoms with E-state index in [-0.39, 0.29) is 24.0 Å². The maximum absolute atomic E-state index is 14.3. The molecule has 7 nitrogen and oxygen atoms in total. The molecule has 0 spiro atoms. The minimum atomic E-state index is -0.379. The number of nitrogens with zero attached hydrogens (tertiary/aromatic N) is 6. The van der Waals surface area contributed by atoms with Crippen LogP contribution in [0.5, 0.6) is 0 Å². The van der Waals surface area contributed by atoms with E-state index in [1.165, 1.54) is 24.3 Å². The smallest absolute Gasteiger partial charge is 0.232 e. The van der Waals surface area contributed by atoms with Crippen LogP contribution >= 0.6 is 0 Å². The molecule has 1 aliphatic carbocycles. The number of hydrogen-bond acceptors (Lipinski definition) is 3. The van der Waals surface area contributed by atoms with Crippen molar-refractivity contribution in [3.8, 4) is 27.9 Å². The highest BCUT2D eigenvalue weighted by molar-refractivity contribution is 6.26. The molecule has 8 aromatic carbocycles. The molecule has 0 saturated heterocycles. The minimum absolute atomic E-state index is 0.186. The third kappa shape index (κ3) is 7.56. The first-order chi connectivity index (χ1) is 34.0. The quantitative estimate of drug-likeness (QED) is 0.118. The van der Waals surface area contributed by atoms with E-state index in [0.29, 0.717) is 23.0 Å². The fourth-order valence-electron chi connectivity index (χ4n) is 9.43. The van der Waals surface area contributed by atoms with Crippen molar-refractivity contribution in [2.75, 3.05) is 0 Å². The second-order valence-electron chi connectivity index (χ2n) is 16.9. The molecule has 3 aromatic heterocycles. The Hall–Kier alpha value is -9.08. The zero-order valence-electron chi connectivity index (χ0n) is 37.1. The van der Waals surface area contributed by atoms with E-state index >= 15 is 0 Å².